The molecule has 1 unspecified atom stereocenters. The molecule has 1 aromatic rings. The molecular formula is C15H24F2N2OS. The second-order valence-electron chi connectivity index (χ2n) is 5.35. The van der Waals surface area contributed by atoms with Crippen molar-refractivity contribution in [1.29, 1.82) is 0 Å². The van der Waals surface area contributed by atoms with Gasteiger partial charge in [0, 0.05) is 12.6 Å². The zero-order valence-corrected chi connectivity index (χ0v) is 13.3. The molecule has 120 valence electrons. The van der Waals surface area contributed by atoms with E-state index in [2.05, 4.69) is 17.1 Å². The molecule has 2 rings (SSSR count). The normalized spacial score (nSPS) is 20.3. The van der Waals surface area contributed by atoms with E-state index in [4.69, 9.17) is 4.42 Å². The van der Waals surface area contributed by atoms with Crippen LogP contribution < -0.4 is 5.32 Å². The van der Waals surface area contributed by atoms with E-state index in [0.717, 1.165) is 18.8 Å². The van der Waals surface area contributed by atoms with E-state index in [0.29, 0.717) is 30.1 Å². The van der Waals surface area contributed by atoms with Crippen LogP contribution in [0.3, 0.4) is 0 Å². The highest BCUT2D eigenvalue weighted by molar-refractivity contribution is 7.98. The molecule has 0 saturated carbocycles. The minimum absolute atomic E-state index is 0.226. The zero-order chi connectivity index (χ0) is 15.1. The molecule has 2 heterocycles. The minimum atomic E-state index is -2.34. The van der Waals surface area contributed by atoms with Crippen molar-refractivity contribution >= 4 is 11.8 Å². The van der Waals surface area contributed by atoms with Crippen molar-refractivity contribution in [2.45, 2.75) is 50.3 Å². The summed E-state index contributed by atoms with van der Waals surface area (Å²) in [6, 6.07) is 4.26. The molecule has 1 fully saturated rings. The third-order valence-corrected chi connectivity index (χ3v) is 4.61. The number of halogens is 2. The summed E-state index contributed by atoms with van der Waals surface area (Å²) in [6.45, 7) is 6.11. The molecule has 0 aliphatic carbocycles. The molecule has 21 heavy (non-hydrogen) atoms. The summed E-state index contributed by atoms with van der Waals surface area (Å²) in [5.74, 6) is -0.684. The molecule has 1 saturated heterocycles. The lowest BCUT2D eigenvalue weighted by Gasteiger charge is -2.34. The fraction of sp³-hybridized carbons (Fsp3) is 0.733. The number of likely N-dealkylation sites (N-methyl/N-ethyl adjacent to an activating group) is 1. The number of nitrogens with one attached hydrogen (secondary N) is 1. The Morgan fingerprint density at radius 1 is 1.38 bits per heavy atom. The molecule has 1 aliphatic heterocycles. The second kappa shape index (κ2) is 8.76. The Kier molecular flexibility index (Phi) is 6.99. The summed E-state index contributed by atoms with van der Waals surface area (Å²) in [5, 5.41) is 3.42. The predicted molar refractivity (Wildman–Crippen MR) is 82.6 cm³/mol. The summed E-state index contributed by atoms with van der Waals surface area (Å²) in [6.07, 6.45) is 3.85. The minimum Gasteiger partial charge on any atom is -0.464 e. The highest BCUT2D eigenvalue weighted by Gasteiger charge is 2.20. The topological polar surface area (TPSA) is 28.4 Å². The summed E-state index contributed by atoms with van der Waals surface area (Å²) >= 11 is 0.593. The molecule has 3 nitrogen and oxygen atoms in total. The van der Waals surface area contributed by atoms with E-state index in [1.54, 1.807) is 6.07 Å². The Morgan fingerprint density at radius 2 is 2.19 bits per heavy atom. The van der Waals surface area contributed by atoms with Gasteiger partial charge in [-0.2, -0.15) is 8.78 Å². The van der Waals surface area contributed by atoms with E-state index >= 15 is 0 Å². The van der Waals surface area contributed by atoms with Crippen LogP contribution in [0.15, 0.2) is 16.5 Å². The average Bonchev–Trinajstić information content (AvgIpc) is 2.93. The molecule has 0 aromatic carbocycles. The lowest BCUT2D eigenvalue weighted by Crippen LogP contribution is -2.45. The van der Waals surface area contributed by atoms with E-state index in [1.807, 2.05) is 6.07 Å². The van der Waals surface area contributed by atoms with Crippen molar-refractivity contribution in [3.05, 3.63) is 23.7 Å². The number of thioether (sulfide) groups is 1. The van der Waals surface area contributed by atoms with E-state index in [9.17, 15) is 8.78 Å². The van der Waals surface area contributed by atoms with Crippen LogP contribution in [-0.4, -0.2) is 36.3 Å². The third-order valence-electron chi connectivity index (χ3n) is 3.90. The van der Waals surface area contributed by atoms with Gasteiger partial charge in [0.1, 0.15) is 11.5 Å². The van der Waals surface area contributed by atoms with E-state index < -0.39 is 5.76 Å². The molecule has 1 atom stereocenters. The van der Waals surface area contributed by atoms with Gasteiger partial charge in [-0.3, -0.25) is 4.90 Å². The van der Waals surface area contributed by atoms with Gasteiger partial charge in [-0.1, -0.05) is 25.1 Å². The zero-order valence-electron chi connectivity index (χ0n) is 12.5. The van der Waals surface area contributed by atoms with Gasteiger partial charge in [0.25, 0.3) is 5.76 Å². The van der Waals surface area contributed by atoms with Crippen molar-refractivity contribution < 1.29 is 13.2 Å². The van der Waals surface area contributed by atoms with Gasteiger partial charge in [-0.25, -0.2) is 0 Å². The lowest BCUT2D eigenvalue weighted by atomic mass is 10.0. The number of hydrogen-bond donors (Lipinski definition) is 1. The maximum Gasteiger partial charge on any atom is 0.284 e. The van der Waals surface area contributed by atoms with Gasteiger partial charge in [0.05, 0.1) is 12.3 Å². The average molecular weight is 318 g/mol. The predicted octanol–water partition coefficient (Wildman–Crippen LogP) is 3.70. The van der Waals surface area contributed by atoms with Gasteiger partial charge in [0.2, 0.25) is 0 Å². The van der Waals surface area contributed by atoms with Crippen LogP contribution in [-0.2, 0) is 12.3 Å². The smallest absolute Gasteiger partial charge is 0.284 e. The molecule has 1 N–H and O–H groups in total. The molecule has 0 amide bonds. The van der Waals surface area contributed by atoms with Crippen LogP contribution in [0, 0.1) is 0 Å². The largest absolute Gasteiger partial charge is 0.464 e. The summed E-state index contributed by atoms with van der Waals surface area (Å²) in [5.41, 5.74) is 0. The number of nitrogens with zero attached hydrogens (tertiary/aromatic N) is 1. The number of hydrogen-bond acceptors (Lipinski definition) is 4. The number of alkyl halides is 2. The SMILES string of the molecule is CCN1CCCCC1CNCc1ccc(CSC(F)F)o1. The van der Waals surface area contributed by atoms with Crippen molar-refractivity contribution in [2.24, 2.45) is 0 Å². The highest BCUT2D eigenvalue weighted by Crippen LogP contribution is 2.21. The van der Waals surface area contributed by atoms with Crippen molar-refractivity contribution in [2.75, 3.05) is 19.6 Å². The summed E-state index contributed by atoms with van der Waals surface area (Å²) < 4.78 is 29.8. The van der Waals surface area contributed by atoms with E-state index in [1.165, 1.54) is 25.8 Å². The quantitative estimate of drug-likeness (QED) is 0.791. The van der Waals surface area contributed by atoms with Crippen LogP contribution in [0.4, 0.5) is 8.78 Å². The Balaban J connectivity index is 1.70. The molecule has 0 radical (unpaired) electrons. The Hall–Kier alpha value is -0.590. The highest BCUT2D eigenvalue weighted by atomic mass is 32.2. The van der Waals surface area contributed by atoms with Gasteiger partial charge >= 0.3 is 0 Å². The fourth-order valence-electron chi connectivity index (χ4n) is 2.81. The first-order valence-electron chi connectivity index (χ1n) is 7.61. The summed E-state index contributed by atoms with van der Waals surface area (Å²) in [4.78, 5) is 2.52. The second-order valence-corrected chi connectivity index (χ2v) is 6.33. The fourth-order valence-corrected chi connectivity index (χ4v) is 3.25. The number of furan rings is 1. The monoisotopic (exact) mass is 318 g/mol. The van der Waals surface area contributed by atoms with Crippen LogP contribution in [0.25, 0.3) is 0 Å². The van der Waals surface area contributed by atoms with Crippen LogP contribution in [0.5, 0.6) is 0 Å². The Labute approximate surface area is 129 Å². The molecular weight excluding hydrogens is 294 g/mol. The molecule has 0 spiro atoms. The Bertz CT molecular complexity index is 414. The number of likely N-dealkylation sites (tertiary alicyclic amines) is 1. The standard InChI is InChI=1S/C15H24F2N2OS/c1-2-19-8-4-3-5-12(19)9-18-10-13-6-7-14(20-13)11-21-15(16)17/h6-7,12,15,18H,2-5,8-11H2,1H3. The lowest BCUT2D eigenvalue weighted by molar-refractivity contribution is 0.152. The van der Waals surface area contributed by atoms with Gasteiger partial charge in [-0.15, -0.1) is 0 Å². The summed E-state index contributed by atoms with van der Waals surface area (Å²) in [7, 11) is 0. The first kappa shape index (κ1) is 16.8. The van der Waals surface area contributed by atoms with Crippen molar-refractivity contribution in [3.8, 4) is 0 Å². The first-order valence-corrected chi connectivity index (χ1v) is 8.66. The van der Waals surface area contributed by atoms with Crippen LogP contribution in [0.1, 0.15) is 37.7 Å². The number of piperidine rings is 1. The van der Waals surface area contributed by atoms with Gasteiger partial charge in [0.15, 0.2) is 0 Å². The van der Waals surface area contributed by atoms with Gasteiger partial charge < -0.3 is 9.73 Å². The maximum atomic E-state index is 12.1. The molecule has 6 heteroatoms. The molecule has 0 bridgehead atoms. The van der Waals surface area contributed by atoms with Gasteiger partial charge in [-0.05, 0) is 38.1 Å². The molecule has 1 aliphatic rings. The molecule has 1 aromatic heterocycles. The number of rotatable bonds is 8. The Morgan fingerprint density at radius 3 is 2.95 bits per heavy atom. The maximum absolute atomic E-state index is 12.1. The van der Waals surface area contributed by atoms with Crippen molar-refractivity contribution in [1.82, 2.24) is 10.2 Å². The first-order chi connectivity index (χ1) is 10.2. The van der Waals surface area contributed by atoms with Crippen LogP contribution in [0.2, 0.25) is 0 Å². The van der Waals surface area contributed by atoms with Crippen LogP contribution >= 0.6 is 11.8 Å². The van der Waals surface area contributed by atoms with Crippen molar-refractivity contribution in [3.63, 3.8) is 0 Å². The third kappa shape index (κ3) is 5.60. The van der Waals surface area contributed by atoms with E-state index in [-0.39, 0.29) is 5.75 Å².